The minimum Gasteiger partial charge on any atom is -0.493 e. The van der Waals surface area contributed by atoms with Crippen molar-refractivity contribution in [1.29, 1.82) is 0 Å². The Morgan fingerprint density at radius 3 is 2.43 bits per heavy atom. The summed E-state index contributed by atoms with van der Waals surface area (Å²) in [6, 6.07) is 7.90. The zero-order valence-electron chi connectivity index (χ0n) is 11.8. The molecule has 118 valence electrons. The second-order valence-electron chi connectivity index (χ2n) is 4.35. The highest BCUT2D eigenvalue weighted by Crippen LogP contribution is 2.36. The van der Waals surface area contributed by atoms with E-state index < -0.39 is 10.9 Å². The molecule has 0 unspecified atom stereocenters. The maximum Gasteiger partial charge on any atom is 0.343 e. The Morgan fingerprint density at radius 2 is 1.91 bits per heavy atom. The summed E-state index contributed by atoms with van der Waals surface area (Å²) in [5.41, 5.74) is 0.364. The second kappa shape index (κ2) is 7.01. The van der Waals surface area contributed by atoms with Crippen molar-refractivity contribution in [2.75, 3.05) is 7.11 Å². The van der Waals surface area contributed by atoms with Gasteiger partial charge in [0.2, 0.25) is 0 Å². The Bertz CT molecular complexity index is 772. The zero-order chi connectivity index (χ0) is 17.0. The molecule has 2 aromatic rings. The van der Waals surface area contributed by atoms with Gasteiger partial charge in [0.25, 0.3) is 5.69 Å². The monoisotopic (exact) mass is 379 g/mol. The van der Waals surface area contributed by atoms with Gasteiger partial charge in [-0.25, -0.2) is 4.79 Å². The number of esters is 1. The molecule has 23 heavy (non-hydrogen) atoms. The lowest BCUT2D eigenvalue weighted by Gasteiger charge is -2.11. The summed E-state index contributed by atoms with van der Waals surface area (Å²) >= 11 is 3.21. The average molecular weight is 380 g/mol. The van der Waals surface area contributed by atoms with Crippen LogP contribution < -0.4 is 9.47 Å². The van der Waals surface area contributed by atoms with Crippen LogP contribution in [0.3, 0.4) is 0 Å². The molecule has 0 aliphatic rings. The summed E-state index contributed by atoms with van der Waals surface area (Å²) in [5.74, 6) is -0.393. The molecule has 0 amide bonds. The van der Waals surface area contributed by atoms with Crippen molar-refractivity contribution in [3.8, 4) is 11.5 Å². The quantitative estimate of drug-likeness (QED) is 0.259. The molecule has 7 nitrogen and oxygen atoms in total. The van der Waals surface area contributed by atoms with Crippen molar-refractivity contribution < 1.29 is 24.0 Å². The average Bonchev–Trinajstić information content (AvgIpc) is 2.56. The van der Waals surface area contributed by atoms with Crippen LogP contribution in [-0.2, 0) is 0 Å². The van der Waals surface area contributed by atoms with Gasteiger partial charge < -0.3 is 9.47 Å². The lowest BCUT2D eigenvalue weighted by molar-refractivity contribution is -0.384. The van der Waals surface area contributed by atoms with Crippen LogP contribution in [0.15, 0.2) is 40.9 Å². The first-order valence-corrected chi connectivity index (χ1v) is 7.05. The summed E-state index contributed by atoms with van der Waals surface area (Å²) < 4.78 is 10.7. The third-order valence-electron chi connectivity index (χ3n) is 2.90. The first-order valence-electron chi connectivity index (χ1n) is 6.25. The molecule has 0 aromatic heterocycles. The van der Waals surface area contributed by atoms with Gasteiger partial charge in [-0.05, 0) is 40.2 Å². The third kappa shape index (κ3) is 3.72. The molecular formula is C15H10BrNO6. The zero-order valence-corrected chi connectivity index (χ0v) is 13.4. The number of carbonyl (C=O) groups is 2. The highest BCUT2D eigenvalue weighted by atomic mass is 79.9. The number of methoxy groups -OCH3 is 1. The van der Waals surface area contributed by atoms with E-state index in [2.05, 4.69) is 15.9 Å². The number of nitro groups is 1. The van der Waals surface area contributed by atoms with Gasteiger partial charge in [0.05, 0.1) is 22.1 Å². The largest absolute Gasteiger partial charge is 0.493 e. The van der Waals surface area contributed by atoms with Gasteiger partial charge >= 0.3 is 5.97 Å². The standard InChI is InChI=1S/C15H10BrNO6/c1-22-13-7-9(8-18)6-12(16)14(13)23-15(19)10-2-4-11(5-3-10)17(20)21/h2-8H,1H3. The van der Waals surface area contributed by atoms with E-state index in [0.29, 0.717) is 16.3 Å². The number of ether oxygens (including phenoxy) is 2. The second-order valence-corrected chi connectivity index (χ2v) is 5.20. The predicted molar refractivity (Wildman–Crippen MR) is 84.1 cm³/mol. The van der Waals surface area contributed by atoms with E-state index >= 15 is 0 Å². The first kappa shape index (κ1) is 16.6. The van der Waals surface area contributed by atoms with E-state index in [0.717, 1.165) is 0 Å². The predicted octanol–water partition coefficient (Wildman–Crippen LogP) is 3.40. The highest BCUT2D eigenvalue weighted by Gasteiger charge is 2.17. The van der Waals surface area contributed by atoms with Crippen LogP contribution in [0.1, 0.15) is 20.7 Å². The smallest absolute Gasteiger partial charge is 0.343 e. The van der Waals surface area contributed by atoms with Crippen molar-refractivity contribution in [2.24, 2.45) is 0 Å². The fourth-order valence-corrected chi connectivity index (χ4v) is 2.32. The van der Waals surface area contributed by atoms with Crippen molar-refractivity contribution >= 4 is 33.9 Å². The number of carbonyl (C=O) groups excluding carboxylic acids is 2. The van der Waals surface area contributed by atoms with E-state index in [1.54, 1.807) is 0 Å². The van der Waals surface area contributed by atoms with Crippen molar-refractivity contribution in [3.05, 3.63) is 62.1 Å². The Balaban J connectivity index is 2.29. The fourth-order valence-electron chi connectivity index (χ4n) is 1.78. The van der Waals surface area contributed by atoms with Gasteiger partial charge in [-0.3, -0.25) is 14.9 Å². The molecule has 8 heteroatoms. The Hall–Kier alpha value is -2.74. The van der Waals surface area contributed by atoms with Crippen LogP contribution in [0, 0.1) is 10.1 Å². The number of nitro benzene ring substituents is 1. The number of non-ortho nitro benzene ring substituents is 1. The Labute approximate surface area is 139 Å². The van der Waals surface area contributed by atoms with Crippen molar-refractivity contribution in [2.45, 2.75) is 0 Å². The molecule has 0 heterocycles. The van der Waals surface area contributed by atoms with Crippen LogP contribution >= 0.6 is 15.9 Å². The number of halogens is 1. The summed E-state index contributed by atoms with van der Waals surface area (Å²) in [5, 5.41) is 10.6. The lowest BCUT2D eigenvalue weighted by atomic mass is 10.2. The third-order valence-corrected chi connectivity index (χ3v) is 3.49. The summed E-state index contributed by atoms with van der Waals surface area (Å²) in [7, 11) is 1.37. The van der Waals surface area contributed by atoms with E-state index in [-0.39, 0.29) is 22.7 Å². The van der Waals surface area contributed by atoms with E-state index in [1.165, 1.54) is 43.5 Å². The molecule has 0 atom stereocenters. The molecule has 0 N–H and O–H groups in total. The van der Waals surface area contributed by atoms with E-state index in [9.17, 15) is 19.7 Å². The summed E-state index contributed by atoms with van der Waals surface area (Å²) in [6.45, 7) is 0. The van der Waals surface area contributed by atoms with Gasteiger partial charge in [0.1, 0.15) is 6.29 Å². The maximum absolute atomic E-state index is 12.1. The number of aldehydes is 1. The van der Waals surface area contributed by atoms with Gasteiger partial charge in [-0.2, -0.15) is 0 Å². The number of nitrogens with zero attached hydrogens (tertiary/aromatic N) is 1. The molecule has 0 spiro atoms. The molecule has 0 fully saturated rings. The van der Waals surface area contributed by atoms with Gasteiger partial charge in [-0.1, -0.05) is 0 Å². The Morgan fingerprint density at radius 1 is 1.26 bits per heavy atom. The SMILES string of the molecule is COc1cc(C=O)cc(Br)c1OC(=O)c1ccc([N+](=O)[O-])cc1. The number of hydrogen-bond acceptors (Lipinski definition) is 6. The lowest BCUT2D eigenvalue weighted by Crippen LogP contribution is -2.10. The normalized spacial score (nSPS) is 10.0. The number of benzene rings is 2. The molecule has 2 aromatic carbocycles. The highest BCUT2D eigenvalue weighted by molar-refractivity contribution is 9.10. The topological polar surface area (TPSA) is 95.7 Å². The molecule has 0 bridgehead atoms. The maximum atomic E-state index is 12.1. The molecule has 0 radical (unpaired) electrons. The van der Waals surface area contributed by atoms with Crippen molar-refractivity contribution in [1.82, 2.24) is 0 Å². The van der Waals surface area contributed by atoms with Crippen molar-refractivity contribution in [3.63, 3.8) is 0 Å². The van der Waals surface area contributed by atoms with Crippen LogP contribution in [0.5, 0.6) is 11.5 Å². The minimum atomic E-state index is -0.710. The van der Waals surface area contributed by atoms with Gasteiger partial charge in [0.15, 0.2) is 11.5 Å². The summed E-state index contributed by atoms with van der Waals surface area (Å²) in [4.78, 5) is 33.0. The molecule has 0 aliphatic carbocycles. The number of hydrogen-bond donors (Lipinski definition) is 0. The van der Waals surface area contributed by atoms with E-state index in [1.807, 2.05) is 0 Å². The summed E-state index contributed by atoms with van der Waals surface area (Å²) in [6.07, 6.45) is 0.634. The first-order chi connectivity index (χ1) is 11.0. The minimum absolute atomic E-state index is 0.112. The molecule has 0 saturated carbocycles. The van der Waals surface area contributed by atoms with Gasteiger partial charge in [-0.15, -0.1) is 0 Å². The van der Waals surface area contributed by atoms with Crippen LogP contribution in [0.2, 0.25) is 0 Å². The Kier molecular flexibility index (Phi) is 5.07. The number of rotatable bonds is 5. The van der Waals surface area contributed by atoms with E-state index in [4.69, 9.17) is 9.47 Å². The van der Waals surface area contributed by atoms with Crippen LogP contribution in [-0.4, -0.2) is 24.3 Å². The van der Waals surface area contributed by atoms with Crippen LogP contribution in [0.4, 0.5) is 5.69 Å². The molecule has 0 aliphatic heterocycles. The fraction of sp³-hybridized carbons (Fsp3) is 0.0667. The van der Waals surface area contributed by atoms with Gasteiger partial charge in [0, 0.05) is 17.7 Å². The molecular weight excluding hydrogens is 370 g/mol. The molecule has 2 rings (SSSR count). The molecule has 0 saturated heterocycles. The van der Waals surface area contributed by atoms with Crippen LogP contribution in [0.25, 0.3) is 0 Å².